The molecule has 17 heavy (non-hydrogen) atoms. The topological polar surface area (TPSA) is 67.8 Å². The molecule has 2 rings (SSSR count). The first kappa shape index (κ1) is 12.8. The highest BCUT2D eigenvalue weighted by Crippen LogP contribution is 2.27. The smallest absolute Gasteiger partial charge is 0.223 e. The third kappa shape index (κ3) is 2.46. The van der Waals surface area contributed by atoms with Gasteiger partial charge >= 0.3 is 0 Å². The van der Waals surface area contributed by atoms with Gasteiger partial charge in [-0.2, -0.15) is 0 Å². The lowest BCUT2D eigenvalue weighted by molar-refractivity contribution is -0.126. The molecule has 4 unspecified atom stereocenters. The van der Waals surface area contributed by atoms with Crippen molar-refractivity contribution in [1.82, 2.24) is 5.32 Å². The Morgan fingerprint density at radius 1 is 1.29 bits per heavy atom. The third-order valence-electron chi connectivity index (χ3n) is 3.71. The largest absolute Gasteiger partial charge is 0.388 e. The van der Waals surface area contributed by atoms with E-state index in [1.807, 2.05) is 13.8 Å². The van der Waals surface area contributed by atoms with E-state index in [9.17, 15) is 9.90 Å². The van der Waals surface area contributed by atoms with Gasteiger partial charge in [-0.15, -0.1) is 0 Å². The van der Waals surface area contributed by atoms with Gasteiger partial charge in [0.25, 0.3) is 0 Å². The number of rotatable bonds is 4. The molecule has 0 aliphatic carbocycles. The normalized spacial score (nSPS) is 36.2. The van der Waals surface area contributed by atoms with Crippen LogP contribution in [0.2, 0.25) is 0 Å². The molecule has 0 bridgehead atoms. The average molecular weight is 243 g/mol. The van der Waals surface area contributed by atoms with Crippen LogP contribution in [0.4, 0.5) is 0 Å². The molecule has 0 radical (unpaired) electrons. The minimum absolute atomic E-state index is 0.0559. The molecule has 0 aromatic carbocycles. The first-order valence-corrected chi connectivity index (χ1v) is 6.39. The summed E-state index contributed by atoms with van der Waals surface area (Å²) < 4.78 is 10.9. The summed E-state index contributed by atoms with van der Waals surface area (Å²) in [4.78, 5) is 11.9. The maximum Gasteiger partial charge on any atom is 0.223 e. The van der Waals surface area contributed by atoms with E-state index in [2.05, 4.69) is 5.32 Å². The van der Waals surface area contributed by atoms with Crippen LogP contribution in [0.3, 0.4) is 0 Å². The first-order chi connectivity index (χ1) is 8.17. The molecule has 0 spiro atoms. The van der Waals surface area contributed by atoms with Crippen LogP contribution in [0.15, 0.2) is 0 Å². The second-order valence-corrected chi connectivity index (χ2v) is 4.79. The van der Waals surface area contributed by atoms with Crippen molar-refractivity contribution in [2.24, 2.45) is 5.92 Å². The van der Waals surface area contributed by atoms with E-state index in [-0.39, 0.29) is 30.1 Å². The monoisotopic (exact) mass is 243 g/mol. The van der Waals surface area contributed by atoms with Gasteiger partial charge in [0, 0.05) is 5.92 Å². The standard InChI is InChI=1S/C12H21NO4/c1-3-7(4-2)12(15)13-8-5-16-11-9(14)6-17-10(8)11/h7-11,14H,3-6H2,1-2H3,(H,13,15). The molecule has 2 saturated heterocycles. The minimum Gasteiger partial charge on any atom is -0.388 e. The second kappa shape index (κ2) is 5.33. The lowest BCUT2D eigenvalue weighted by atomic mass is 10.0. The number of carbonyl (C=O) groups is 1. The number of nitrogens with one attached hydrogen (secondary N) is 1. The highest BCUT2D eigenvalue weighted by molar-refractivity contribution is 5.79. The van der Waals surface area contributed by atoms with Crippen LogP contribution < -0.4 is 5.32 Å². The zero-order valence-corrected chi connectivity index (χ0v) is 10.4. The number of aliphatic hydroxyl groups excluding tert-OH is 1. The highest BCUT2D eigenvalue weighted by atomic mass is 16.6. The molecule has 2 heterocycles. The summed E-state index contributed by atoms with van der Waals surface area (Å²) >= 11 is 0. The number of carbonyl (C=O) groups excluding carboxylic acids is 1. The SMILES string of the molecule is CCC(CC)C(=O)NC1COC2C(O)COC12. The van der Waals surface area contributed by atoms with Crippen molar-refractivity contribution >= 4 is 5.91 Å². The van der Waals surface area contributed by atoms with Crippen molar-refractivity contribution in [2.45, 2.75) is 51.0 Å². The summed E-state index contributed by atoms with van der Waals surface area (Å²) in [7, 11) is 0. The molecule has 0 saturated carbocycles. The summed E-state index contributed by atoms with van der Waals surface area (Å²) in [6.45, 7) is 4.75. The minimum atomic E-state index is -0.560. The van der Waals surface area contributed by atoms with Crippen molar-refractivity contribution < 1.29 is 19.4 Å². The molecule has 2 aliphatic heterocycles. The van der Waals surface area contributed by atoms with Gasteiger partial charge in [-0.05, 0) is 12.8 Å². The average Bonchev–Trinajstić information content (AvgIpc) is 2.86. The molecule has 2 N–H and O–H groups in total. The number of ether oxygens (including phenoxy) is 2. The Morgan fingerprint density at radius 3 is 2.59 bits per heavy atom. The molecular weight excluding hydrogens is 222 g/mol. The van der Waals surface area contributed by atoms with E-state index < -0.39 is 6.10 Å². The van der Waals surface area contributed by atoms with E-state index in [0.29, 0.717) is 13.2 Å². The zero-order chi connectivity index (χ0) is 12.4. The maximum atomic E-state index is 11.9. The van der Waals surface area contributed by atoms with Crippen LogP contribution in [-0.4, -0.2) is 48.6 Å². The molecular formula is C12H21NO4. The summed E-state index contributed by atoms with van der Waals surface area (Å²) in [5.74, 6) is 0.120. The summed E-state index contributed by atoms with van der Waals surface area (Å²) in [5.41, 5.74) is 0. The van der Waals surface area contributed by atoms with Crippen LogP contribution in [-0.2, 0) is 14.3 Å². The molecule has 0 aromatic rings. The van der Waals surface area contributed by atoms with Crippen LogP contribution in [0.25, 0.3) is 0 Å². The van der Waals surface area contributed by atoms with Gasteiger partial charge in [-0.25, -0.2) is 0 Å². The Hall–Kier alpha value is -0.650. The summed E-state index contributed by atoms with van der Waals surface area (Å²) in [5, 5.41) is 12.6. The third-order valence-corrected chi connectivity index (χ3v) is 3.71. The van der Waals surface area contributed by atoms with E-state index in [4.69, 9.17) is 9.47 Å². The fourth-order valence-electron chi connectivity index (χ4n) is 2.56. The van der Waals surface area contributed by atoms with Gasteiger partial charge in [-0.3, -0.25) is 4.79 Å². The van der Waals surface area contributed by atoms with Gasteiger partial charge in [0.2, 0.25) is 5.91 Å². The molecule has 5 nitrogen and oxygen atoms in total. The quantitative estimate of drug-likeness (QED) is 0.733. The van der Waals surface area contributed by atoms with Crippen molar-refractivity contribution in [2.75, 3.05) is 13.2 Å². The maximum absolute atomic E-state index is 11.9. The fourth-order valence-corrected chi connectivity index (χ4v) is 2.56. The first-order valence-electron chi connectivity index (χ1n) is 6.39. The number of hydrogen-bond donors (Lipinski definition) is 2. The molecule has 0 aromatic heterocycles. The van der Waals surface area contributed by atoms with E-state index >= 15 is 0 Å². The van der Waals surface area contributed by atoms with Crippen LogP contribution in [0.5, 0.6) is 0 Å². The lowest BCUT2D eigenvalue weighted by Crippen LogP contribution is -2.46. The Bertz CT molecular complexity index is 280. The van der Waals surface area contributed by atoms with E-state index in [1.54, 1.807) is 0 Å². The van der Waals surface area contributed by atoms with E-state index in [1.165, 1.54) is 0 Å². The van der Waals surface area contributed by atoms with Gasteiger partial charge in [0.05, 0.1) is 19.3 Å². The number of fused-ring (bicyclic) bond motifs is 1. The second-order valence-electron chi connectivity index (χ2n) is 4.79. The fraction of sp³-hybridized carbons (Fsp3) is 0.917. The van der Waals surface area contributed by atoms with Crippen molar-refractivity contribution in [3.63, 3.8) is 0 Å². The zero-order valence-electron chi connectivity index (χ0n) is 10.4. The predicted molar refractivity (Wildman–Crippen MR) is 61.5 cm³/mol. The number of amides is 1. The van der Waals surface area contributed by atoms with Gasteiger partial charge in [0.1, 0.15) is 18.3 Å². The molecule has 2 fully saturated rings. The number of hydrogen-bond acceptors (Lipinski definition) is 4. The molecule has 4 atom stereocenters. The van der Waals surface area contributed by atoms with Gasteiger partial charge < -0.3 is 19.9 Å². The Morgan fingerprint density at radius 2 is 1.94 bits per heavy atom. The molecule has 1 amide bonds. The van der Waals surface area contributed by atoms with Gasteiger partial charge in [0.15, 0.2) is 0 Å². The van der Waals surface area contributed by atoms with Crippen molar-refractivity contribution in [1.29, 1.82) is 0 Å². The van der Waals surface area contributed by atoms with Gasteiger partial charge in [-0.1, -0.05) is 13.8 Å². The van der Waals surface area contributed by atoms with Crippen LogP contribution in [0.1, 0.15) is 26.7 Å². The Kier molecular flexibility index (Phi) is 4.01. The summed E-state index contributed by atoms with van der Waals surface area (Å²) in [6.07, 6.45) is 0.654. The predicted octanol–water partition coefficient (Wildman–Crippen LogP) is 0.0659. The molecule has 5 heteroatoms. The highest BCUT2D eigenvalue weighted by Gasteiger charge is 2.47. The Balaban J connectivity index is 1.90. The Labute approximate surface area is 101 Å². The van der Waals surface area contributed by atoms with Crippen LogP contribution in [0, 0.1) is 5.92 Å². The van der Waals surface area contributed by atoms with Crippen LogP contribution >= 0.6 is 0 Å². The molecule has 2 aliphatic rings. The lowest BCUT2D eigenvalue weighted by Gasteiger charge is -2.20. The van der Waals surface area contributed by atoms with Crippen molar-refractivity contribution in [3.05, 3.63) is 0 Å². The molecule has 98 valence electrons. The van der Waals surface area contributed by atoms with E-state index in [0.717, 1.165) is 12.8 Å². The summed E-state index contributed by atoms with van der Waals surface area (Å²) in [6, 6.07) is -0.120. The van der Waals surface area contributed by atoms with Crippen molar-refractivity contribution in [3.8, 4) is 0 Å². The number of aliphatic hydroxyl groups is 1.